The van der Waals surface area contributed by atoms with Crippen LogP contribution in [0.4, 0.5) is 0 Å². The summed E-state index contributed by atoms with van der Waals surface area (Å²) in [7, 11) is 0. The van der Waals surface area contributed by atoms with E-state index in [1.54, 1.807) is 0 Å². The summed E-state index contributed by atoms with van der Waals surface area (Å²) in [6, 6.07) is 8.39. The number of pyridine rings is 1. The zero-order chi connectivity index (χ0) is 17.1. The molecule has 132 valence electrons. The number of nitrogens with zero attached hydrogens (tertiary/aromatic N) is 3. The molecular formula is C21H27N3O. The number of imidazole rings is 1. The summed E-state index contributed by atoms with van der Waals surface area (Å²) in [5.74, 6) is 1.78. The molecule has 0 atom stereocenters. The summed E-state index contributed by atoms with van der Waals surface area (Å²) < 4.78 is 8.13. The summed E-state index contributed by atoms with van der Waals surface area (Å²) in [6.45, 7) is 4.38. The Hall–Kier alpha value is -1.94. The Bertz CT molecular complexity index is 847. The van der Waals surface area contributed by atoms with E-state index in [0.29, 0.717) is 13.2 Å². The van der Waals surface area contributed by atoms with Crippen LogP contribution >= 0.6 is 0 Å². The Morgan fingerprint density at radius 3 is 2.68 bits per heavy atom. The lowest BCUT2D eigenvalue weighted by molar-refractivity contribution is 0.125. The van der Waals surface area contributed by atoms with Crippen molar-refractivity contribution >= 4 is 21.9 Å². The van der Waals surface area contributed by atoms with Crippen molar-refractivity contribution in [1.29, 1.82) is 0 Å². The monoisotopic (exact) mass is 337 g/mol. The maximum absolute atomic E-state index is 5.71. The Morgan fingerprint density at radius 2 is 1.88 bits per heavy atom. The van der Waals surface area contributed by atoms with Crippen LogP contribution in [0.1, 0.15) is 51.3 Å². The molecule has 3 aromatic rings. The smallest absolute Gasteiger partial charge is 0.136 e. The average molecular weight is 337 g/mol. The first-order chi connectivity index (χ1) is 12.4. The van der Waals surface area contributed by atoms with Gasteiger partial charge in [-0.25, -0.2) is 4.98 Å². The number of ether oxygens (including phenoxy) is 1. The first kappa shape index (κ1) is 16.5. The molecule has 1 fully saturated rings. The van der Waals surface area contributed by atoms with Crippen LogP contribution in [0.15, 0.2) is 30.5 Å². The van der Waals surface area contributed by atoms with Crippen molar-refractivity contribution in [3.05, 3.63) is 36.3 Å². The van der Waals surface area contributed by atoms with E-state index in [1.165, 1.54) is 49.4 Å². The second kappa shape index (κ2) is 7.52. The molecule has 0 N–H and O–H groups in total. The minimum absolute atomic E-state index is 0.576. The molecule has 1 aromatic carbocycles. The standard InChI is InChI=1S/C21H27N3O/c1-2-25-15-20-23-19-13-22-18-12-8-7-11-17(18)21(19)24(20)14-16-9-5-3-4-6-10-16/h7-8,11-13,16H,2-6,9-10,14-15H2,1H3. The molecule has 0 amide bonds. The van der Waals surface area contributed by atoms with Crippen LogP contribution in [-0.4, -0.2) is 21.1 Å². The molecule has 4 rings (SSSR count). The van der Waals surface area contributed by atoms with Crippen molar-refractivity contribution in [3.8, 4) is 0 Å². The van der Waals surface area contributed by atoms with Crippen molar-refractivity contribution in [2.75, 3.05) is 6.61 Å². The summed E-state index contributed by atoms with van der Waals surface area (Å²) in [5, 5.41) is 1.20. The zero-order valence-corrected chi connectivity index (χ0v) is 15.1. The summed E-state index contributed by atoms with van der Waals surface area (Å²) in [6.07, 6.45) is 10.1. The fourth-order valence-corrected chi connectivity index (χ4v) is 4.12. The first-order valence-corrected chi connectivity index (χ1v) is 9.67. The Balaban J connectivity index is 1.80. The molecule has 4 nitrogen and oxygen atoms in total. The molecule has 0 spiro atoms. The number of hydrogen-bond acceptors (Lipinski definition) is 3. The van der Waals surface area contributed by atoms with Crippen LogP contribution in [0.5, 0.6) is 0 Å². The van der Waals surface area contributed by atoms with Gasteiger partial charge in [0.2, 0.25) is 0 Å². The first-order valence-electron chi connectivity index (χ1n) is 9.67. The predicted octanol–water partition coefficient (Wildman–Crippen LogP) is 5.09. The van der Waals surface area contributed by atoms with Gasteiger partial charge >= 0.3 is 0 Å². The van der Waals surface area contributed by atoms with E-state index in [4.69, 9.17) is 9.72 Å². The van der Waals surface area contributed by atoms with Crippen LogP contribution in [0, 0.1) is 5.92 Å². The van der Waals surface area contributed by atoms with Crippen molar-refractivity contribution in [2.24, 2.45) is 5.92 Å². The third-order valence-corrected chi connectivity index (χ3v) is 5.41. The highest BCUT2D eigenvalue weighted by molar-refractivity contribution is 6.02. The van der Waals surface area contributed by atoms with Crippen LogP contribution in [0.3, 0.4) is 0 Å². The molecular weight excluding hydrogens is 310 g/mol. The van der Waals surface area contributed by atoms with Gasteiger partial charge in [-0.3, -0.25) is 4.98 Å². The second-order valence-corrected chi connectivity index (χ2v) is 7.14. The van der Waals surface area contributed by atoms with Gasteiger partial charge in [0.1, 0.15) is 17.9 Å². The minimum atomic E-state index is 0.576. The molecule has 4 heteroatoms. The van der Waals surface area contributed by atoms with Crippen LogP contribution in [0.2, 0.25) is 0 Å². The van der Waals surface area contributed by atoms with Gasteiger partial charge in [0, 0.05) is 18.5 Å². The van der Waals surface area contributed by atoms with Crippen LogP contribution < -0.4 is 0 Å². The van der Waals surface area contributed by atoms with Gasteiger partial charge in [-0.15, -0.1) is 0 Å². The minimum Gasteiger partial charge on any atom is -0.374 e. The van der Waals surface area contributed by atoms with E-state index in [1.807, 2.05) is 19.2 Å². The van der Waals surface area contributed by atoms with E-state index < -0.39 is 0 Å². The molecule has 2 heterocycles. The van der Waals surface area contributed by atoms with Crippen molar-refractivity contribution in [2.45, 2.75) is 58.6 Å². The van der Waals surface area contributed by atoms with Gasteiger partial charge in [-0.1, -0.05) is 43.9 Å². The third-order valence-electron chi connectivity index (χ3n) is 5.41. The zero-order valence-electron chi connectivity index (χ0n) is 15.1. The lowest BCUT2D eigenvalue weighted by atomic mass is 10.00. The third kappa shape index (κ3) is 3.40. The van der Waals surface area contributed by atoms with Gasteiger partial charge in [0.15, 0.2) is 0 Å². The maximum atomic E-state index is 5.71. The normalized spacial score (nSPS) is 16.5. The summed E-state index contributed by atoms with van der Waals surface area (Å²) in [4.78, 5) is 9.45. The number of rotatable bonds is 5. The van der Waals surface area contributed by atoms with Gasteiger partial charge in [0.25, 0.3) is 0 Å². The lowest BCUT2D eigenvalue weighted by Crippen LogP contribution is -2.14. The lowest BCUT2D eigenvalue weighted by Gasteiger charge is -2.18. The van der Waals surface area contributed by atoms with Crippen molar-refractivity contribution in [1.82, 2.24) is 14.5 Å². The van der Waals surface area contributed by atoms with Crippen LogP contribution in [0.25, 0.3) is 21.9 Å². The summed E-state index contributed by atoms with van der Waals surface area (Å²) >= 11 is 0. The highest BCUT2D eigenvalue weighted by atomic mass is 16.5. The van der Waals surface area contributed by atoms with Gasteiger partial charge in [-0.05, 0) is 31.7 Å². The van der Waals surface area contributed by atoms with Crippen molar-refractivity contribution < 1.29 is 4.74 Å². The van der Waals surface area contributed by atoms with E-state index in [0.717, 1.165) is 29.3 Å². The van der Waals surface area contributed by atoms with E-state index in [2.05, 4.69) is 27.8 Å². The number of hydrogen-bond donors (Lipinski definition) is 0. The molecule has 25 heavy (non-hydrogen) atoms. The number of benzene rings is 1. The fraction of sp³-hybridized carbons (Fsp3) is 0.524. The largest absolute Gasteiger partial charge is 0.374 e. The van der Waals surface area contributed by atoms with E-state index in [9.17, 15) is 0 Å². The van der Waals surface area contributed by atoms with Crippen molar-refractivity contribution in [3.63, 3.8) is 0 Å². The molecule has 1 aliphatic carbocycles. The molecule has 0 unspecified atom stereocenters. The molecule has 0 saturated heterocycles. The van der Waals surface area contributed by atoms with Gasteiger partial charge in [-0.2, -0.15) is 0 Å². The predicted molar refractivity (Wildman–Crippen MR) is 102 cm³/mol. The average Bonchev–Trinajstić information content (AvgIpc) is 2.80. The number of aromatic nitrogens is 3. The molecule has 0 aliphatic heterocycles. The van der Waals surface area contributed by atoms with E-state index >= 15 is 0 Å². The SMILES string of the molecule is CCOCc1nc2cnc3ccccc3c2n1CC1CCCCCC1. The molecule has 2 aromatic heterocycles. The Labute approximate surface area is 149 Å². The van der Waals surface area contributed by atoms with Crippen LogP contribution in [-0.2, 0) is 17.9 Å². The molecule has 0 radical (unpaired) electrons. The summed E-state index contributed by atoms with van der Waals surface area (Å²) in [5.41, 5.74) is 3.26. The quantitative estimate of drug-likeness (QED) is 0.609. The molecule has 0 bridgehead atoms. The second-order valence-electron chi connectivity index (χ2n) is 7.14. The topological polar surface area (TPSA) is 39.9 Å². The molecule has 1 saturated carbocycles. The molecule has 1 aliphatic rings. The highest BCUT2D eigenvalue weighted by Gasteiger charge is 2.19. The maximum Gasteiger partial charge on any atom is 0.136 e. The van der Waals surface area contributed by atoms with E-state index in [-0.39, 0.29) is 0 Å². The fourth-order valence-electron chi connectivity index (χ4n) is 4.12. The highest BCUT2D eigenvalue weighted by Crippen LogP contribution is 2.29. The number of para-hydroxylation sites is 1. The van der Waals surface area contributed by atoms with Gasteiger partial charge in [0.05, 0.1) is 17.2 Å². The Morgan fingerprint density at radius 1 is 1.08 bits per heavy atom. The van der Waals surface area contributed by atoms with Gasteiger partial charge < -0.3 is 9.30 Å². The number of fused-ring (bicyclic) bond motifs is 3. The Kier molecular flexibility index (Phi) is 4.97.